The van der Waals surface area contributed by atoms with E-state index in [4.69, 9.17) is 9.47 Å². The molecular weight excluding hydrogens is 348 g/mol. The van der Waals surface area contributed by atoms with Gasteiger partial charge in [-0.05, 0) is 92.2 Å². The van der Waals surface area contributed by atoms with Gasteiger partial charge in [0.15, 0.2) is 0 Å². The second kappa shape index (κ2) is 7.39. The van der Waals surface area contributed by atoms with Crippen molar-refractivity contribution in [2.75, 3.05) is 6.61 Å². The second-order valence-corrected chi connectivity index (χ2v) is 10.3. The van der Waals surface area contributed by atoms with Crippen LogP contribution in [0.4, 0.5) is 0 Å². The Morgan fingerprint density at radius 1 is 1.11 bits per heavy atom. The van der Waals surface area contributed by atoms with Crippen molar-refractivity contribution in [3.8, 4) is 5.75 Å². The third kappa shape index (κ3) is 3.69. The van der Waals surface area contributed by atoms with Crippen LogP contribution in [0.2, 0.25) is 0 Å². The molecule has 3 nitrogen and oxygen atoms in total. The van der Waals surface area contributed by atoms with Crippen molar-refractivity contribution in [2.24, 2.45) is 23.2 Å². The number of hydrogen-bond acceptors (Lipinski definition) is 3. The molecule has 0 aromatic heterocycles. The molecule has 4 aliphatic rings. The summed E-state index contributed by atoms with van der Waals surface area (Å²) in [7, 11) is 0. The first-order valence-corrected chi connectivity index (χ1v) is 11.3. The lowest BCUT2D eigenvalue weighted by atomic mass is 9.45. The van der Waals surface area contributed by atoms with Crippen molar-refractivity contribution in [1.29, 1.82) is 0 Å². The average Bonchev–Trinajstić information content (AvgIpc) is 2.65. The predicted molar refractivity (Wildman–Crippen MR) is 111 cm³/mol. The third-order valence-corrected chi connectivity index (χ3v) is 8.09. The molecule has 28 heavy (non-hydrogen) atoms. The molecule has 0 aliphatic heterocycles. The molecule has 154 valence electrons. The van der Waals surface area contributed by atoms with Gasteiger partial charge in [0.2, 0.25) is 0 Å². The maximum Gasteiger partial charge on any atom is 0.309 e. The summed E-state index contributed by atoms with van der Waals surface area (Å²) < 4.78 is 11.9. The zero-order valence-electron chi connectivity index (χ0n) is 18.0. The molecule has 4 bridgehead atoms. The lowest BCUT2D eigenvalue weighted by Crippen LogP contribution is -2.60. The molecule has 3 atom stereocenters. The van der Waals surface area contributed by atoms with Gasteiger partial charge in [0.25, 0.3) is 0 Å². The molecule has 1 aromatic carbocycles. The maximum absolute atomic E-state index is 12.6. The largest absolute Gasteiger partial charge is 0.493 e. The summed E-state index contributed by atoms with van der Waals surface area (Å²) >= 11 is 0. The Morgan fingerprint density at radius 3 is 2.32 bits per heavy atom. The quantitative estimate of drug-likeness (QED) is 0.532. The summed E-state index contributed by atoms with van der Waals surface area (Å²) in [4.78, 5) is 12.6. The number of ether oxygens (including phenoxy) is 2. The molecule has 5 rings (SSSR count). The molecule has 0 spiro atoms. The van der Waals surface area contributed by atoms with Gasteiger partial charge in [0, 0.05) is 0 Å². The number of esters is 1. The minimum Gasteiger partial charge on any atom is -0.493 e. The highest BCUT2D eigenvalue weighted by Gasteiger charge is 2.60. The highest BCUT2D eigenvalue weighted by Crippen LogP contribution is 2.64. The van der Waals surface area contributed by atoms with E-state index in [1.54, 1.807) is 0 Å². The molecule has 0 saturated heterocycles. The van der Waals surface area contributed by atoms with Gasteiger partial charge in [-0.3, -0.25) is 4.79 Å². The Balaban J connectivity index is 1.28. The fourth-order valence-corrected chi connectivity index (χ4v) is 6.42. The van der Waals surface area contributed by atoms with Crippen molar-refractivity contribution in [1.82, 2.24) is 0 Å². The molecule has 0 heterocycles. The third-order valence-electron chi connectivity index (χ3n) is 8.09. The van der Waals surface area contributed by atoms with Crippen LogP contribution in [0.3, 0.4) is 0 Å². The summed E-state index contributed by atoms with van der Waals surface area (Å²) in [5.41, 5.74) is 1.57. The Hall–Kier alpha value is -1.51. The maximum atomic E-state index is 12.6. The molecule has 0 amide bonds. The van der Waals surface area contributed by atoms with Crippen molar-refractivity contribution >= 4 is 5.97 Å². The molecule has 1 aromatic rings. The SMILES string of the molecule is CCC(C)c1ccc(OCCC(=O)OC2(C)C3CC4CC2CC(C)(C4)C3)cc1. The van der Waals surface area contributed by atoms with E-state index in [1.165, 1.54) is 37.7 Å². The Kier molecular flexibility index (Phi) is 5.22. The van der Waals surface area contributed by atoms with Gasteiger partial charge in [0.05, 0.1) is 13.0 Å². The lowest BCUT2D eigenvalue weighted by molar-refractivity contribution is -0.216. The van der Waals surface area contributed by atoms with Crippen LogP contribution in [0, 0.1) is 23.2 Å². The minimum absolute atomic E-state index is 0.101. The topological polar surface area (TPSA) is 35.5 Å². The zero-order chi connectivity index (χ0) is 19.9. The Morgan fingerprint density at radius 2 is 1.75 bits per heavy atom. The van der Waals surface area contributed by atoms with Crippen LogP contribution in [0.15, 0.2) is 24.3 Å². The summed E-state index contributed by atoms with van der Waals surface area (Å²) in [5, 5.41) is 0. The van der Waals surface area contributed by atoms with Crippen LogP contribution >= 0.6 is 0 Å². The number of carbonyl (C=O) groups is 1. The van der Waals surface area contributed by atoms with Crippen LogP contribution in [-0.2, 0) is 9.53 Å². The summed E-state index contributed by atoms with van der Waals surface area (Å²) in [6.45, 7) is 9.46. The molecule has 4 saturated carbocycles. The van der Waals surface area contributed by atoms with Crippen LogP contribution in [0.1, 0.15) is 84.1 Å². The first-order chi connectivity index (χ1) is 13.3. The van der Waals surface area contributed by atoms with Gasteiger partial charge < -0.3 is 9.47 Å². The fraction of sp³-hybridized carbons (Fsp3) is 0.720. The molecule has 0 radical (unpaired) electrons. The summed E-state index contributed by atoms with van der Waals surface area (Å²) in [6.07, 6.45) is 7.78. The van der Waals surface area contributed by atoms with Crippen molar-refractivity contribution in [2.45, 2.75) is 84.2 Å². The smallest absolute Gasteiger partial charge is 0.309 e. The van der Waals surface area contributed by atoms with Crippen molar-refractivity contribution < 1.29 is 14.3 Å². The zero-order valence-corrected chi connectivity index (χ0v) is 18.0. The highest BCUT2D eigenvalue weighted by atomic mass is 16.6. The van der Waals surface area contributed by atoms with Gasteiger partial charge in [-0.15, -0.1) is 0 Å². The number of carbonyl (C=O) groups excluding carboxylic acids is 1. The van der Waals surface area contributed by atoms with E-state index in [9.17, 15) is 4.79 Å². The Bertz CT molecular complexity index is 691. The van der Waals surface area contributed by atoms with Crippen LogP contribution in [0.5, 0.6) is 5.75 Å². The fourth-order valence-electron chi connectivity index (χ4n) is 6.42. The molecule has 3 unspecified atom stereocenters. The predicted octanol–water partition coefficient (Wildman–Crippen LogP) is 6.12. The lowest BCUT2D eigenvalue weighted by Gasteiger charge is -2.62. The van der Waals surface area contributed by atoms with E-state index < -0.39 is 0 Å². The van der Waals surface area contributed by atoms with Crippen molar-refractivity contribution in [3.05, 3.63) is 29.8 Å². The van der Waals surface area contributed by atoms with Crippen LogP contribution < -0.4 is 4.74 Å². The second-order valence-electron chi connectivity index (χ2n) is 10.3. The molecule has 3 heteroatoms. The van der Waals surface area contributed by atoms with Crippen LogP contribution in [0.25, 0.3) is 0 Å². The molecule has 4 aliphatic carbocycles. The summed E-state index contributed by atoms with van der Waals surface area (Å²) in [6, 6.07) is 8.26. The van der Waals surface area contributed by atoms with Gasteiger partial charge in [-0.1, -0.05) is 32.9 Å². The first kappa shape index (κ1) is 19.8. The summed E-state index contributed by atoms with van der Waals surface area (Å²) in [5.74, 6) is 3.23. The monoisotopic (exact) mass is 384 g/mol. The van der Waals surface area contributed by atoms with Crippen molar-refractivity contribution in [3.63, 3.8) is 0 Å². The molecule has 4 fully saturated rings. The van der Waals surface area contributed by atoms with Crippen LogP contribution in [-0.4, -0.2) is 18.2 Å². The van der Waals surface area contributed by atoms with E-state index in [2.05, 4.69) is 39.8 Å². The van der Waals surface area contributed by atoms with Gasteiger partial charge in [-0.2, -0.15) is 0 Å². The first-order valence-electron chi connectivity index (χ1n) is 11.3. The van der Waals surface area contributed by atoms with E-state index >= 15 is 0 Å². The van der Waals surface area contributed by atoms with Gasteiger partial charge in [0.1, 0.15) is 11.4 Å². The number of benzene rings is 1. The highest BCUT2D eigenvalue weighted by molar-refractivity contribution is 5.70. The average molecular weight is 385 g/mol. The van der Waals surface area contributed by atoms with E-state index in [0.717, 1.165) is 18.1 Å². The molecule has 0 N–H and O–H groups in total. The Labute approximate surface area is 170 Å². The minimum atomic E-state index is -0.258. The van der Waals surface area contributed by atoms with Gasteiger partial charge >= 0.3 is 5.97 Å². The molecular formula is C25H36O3. The van der Waals surface area contributed by atoms with Gasteiger partial charge in [-0.25, -0.2) is 0 Å². The van der Waals surface area contributed by atoms with E-state index in [0.29, 0.717) is 36.2 Å². The van der Waals surface area contributed by atoms with E-state index in [-0.39, 0.29) is 11.6 Å². The normalized spacial score (nSPS) is 36.9. The van der Waals surface area contributed by atoms with E-state index in [1.807, 2.05) is 12.1 Å². The standard InChI is InChI=1S/C25H36O3/c1-5-17(2)19-6-8-22(9-7-19)27-11-10-23(26)28-25(4)20-12-18-13-21(25)16-24(3,14-18)15-20/h6-9,17-18,20-21H,5,10-16H2,1-4H3. The number of rotatable bonds is 7. The number of hydrogen-bond donors (Lipinski definition) is 0.